The number of thiocarbonyl (C=S) groups is 1. The van der Waals surface area contributed by atoms with E-state index in [2.05, 4.69) is 24.1 Å². The SMILES string of the molecule is Cc1cc(C(N)=S)cc(NC2CCCC(C)(C)C2)n1. The van der Waals surface area contributed by atoms with Gasteiger partial charge in [0.05, 0.1) is 0 Å². The Bertz CT molecular complexity index is 482. The molecule has 1 saturated carbocycles. The van der Waals surface area contributed by atoms with Crippen LogP contribution in [-0.2, 0) is 0 Å². The maximum atomic E-state index is 5.70. The Labute approximate surface area is 121 Å². The van der Waals surface area contributed by atoms with Crippen molar-refractivity contribution in [3.05, 3.63) is 23.4 Å². The third-order valence-electron chi connectivity index (χ3n) is 3.80. The normalized spacial score (nSPS) is 21.9. The average molecular weight is 277 g/mol. The zero-order valence-corrected chi connectivity index (χ0v) is 12.8. The monoisotopic (exact) mass is 277 g/mol. The summed E-state index contributed by atoms with van der Waals surface area (Å²) >= 11 is 5.04. The largest absolute Gasteiger partial charge is 0.389 e. The smallest absolute Gasteiger partial charge is 0.127 e. The van der Waals surface area contributed by atoms with E-state index in [4.69, 9.17) is 18.0 Å². The molecule has 0 saturated heterocycles. The fourth-order valence-corrected chi connectivity index (χ4v) is 3.03. The third kappa shape index (κ3) is 3.90. The molecule has 2 rings (SSSR count). The molecular formula is C15H23N3S. The average Bonchev–Trinajstić information content (AvgIpc) is 2.26. The van der Waals surface area contributed by atoms with E-state index in [0.717, 1.165) is 17.1 Å². The van der Waals surface area contributed by atoms with E-state index in [9.17, 15) is 0 Å². The van der Waals surface area contributed by atoms with E-state index in [1.807, 2.05) is 19.1 Å². The van der Waals surface area contributed by atoms with Crippen LogP contribution in [0.15, 0.2) is 12.1 Å². The van der Waals surface area contributed by atoms with Crippen molar-refractivity contribution in [1.29, 1.82) is 0 Å². The number of anilines is 1. The van der Waals surface area contributed by atoms with Crippen LogP contribution in [0.3, 0.4) is 0 Å². The van der Waals surface area contributed by atoms with Gasteiger partial charge in [0.15, 0.2) is 0 Å². The molecule has 4 heteroatoms. The van der Waals surface area contributed by atoms with Crippen molar-refractivity contribution in [3.8, 4) is 0 Å². The molecule has 1 heterocycles. The molecule has 0 aromatic carbocycles. The summed E-state index contributed by atoms with van der Waals surface area (Å²) in [6, 6.07) is 4.38. The van der Waals surface area contributed by atoms with Crippen molar-refractivity contribution in [1.82, 2.24) is 4.98 Å². The lowest BCUT2D eigenvalue weighted by Crippen LogP contribution is -2.32. The van der Waals surface area contributed by atoms with Crippen LogP contribution in [0.5, 0.6) is 0 Å². The topological polar surface area (TPSA) is 50.9 Å². The molecule has 1 aliphatic rings. The number of hydrogen-bond donors (Lipinski definition) is 2. The van der Waals surface area contributed by atoms with E-state index in [-0.39, 0.29) is 0 Å². The number of aromatic nitrogens is 1. The third-order valence-corrected chi connectivity index (χ3v) is 4.03. The molecule has 104 valence electrons. The van der Waals surface area contributed by atoms with Crippen LogP contribution in [-0.4, -0.2) is 16.0 Å². The fraction of sp³-hybridized carbons (Fsp3) is 0.600. The lowest BCUT2D eigenvalue weighted by molar-refractivity contribution is 0.229. The predicted molar refractivity (Wildman–Crippen MR) is 84.5 cm³/mol. The van der Waals surface area contributed by atoms with Crippen molar-refractivity contribution in [3.63, 3.8) is 0 Å². The maximum absolute atomic E-state index is 5.70. The first-order valence-electron chi connectivity index (χ1n) is 6.91. The number of nitrogens with zero attached hydrogens (tertiary/aromatic N) is 1. The molecule has 1 atom stereocenters. The zero-order valence-electron chi connectivity index (χ0n) is 12.0. The highest BCUT2D eigenvalue weighted by atomic mass is 32.1. The summed E-state index contributed by atoms with van der Waals surface area (Å²) in [5.41, 5.74) is 7.96. The summed E-state index contributed by atoms with van der Waals surface area (Å²) in [6.07, 6.45) is 4.98. The Morgan fingerprint density at radius 3 is 2.84 bits per heavy atom. The molecule has 3 N–H and O–H groups in total. The molecule has 0 radical (unpaired) electrons. The van der Waals surface area contributed by atoms with Gasteiger partial charge in [0.1, 0.15) is 10.8 Å². The number of nitrogens with one attached hydrogen (secondary N) is 1. The number of hydrogen-bond acceptors (Lipinski definition) is 3. The van der Waals surface area contributed by atoms with Gasteiger partial charge in [-0.25, -0.2) is 4.98 Å². The van der Waals surface area contributed by atoms with E-state index >= 15 is 0 Å². The second-order valence-corrected chi connectivity index (χ2v) is 6.79. The minimum Gasteiger partial charge on any atom is -0.389 e. The van der Waals surface area contributed by atoms with Gasteiger partial charge in [-0.3, -0.25) is 0 Å². The lowest BCUT2D eigenvalue weighted by Gasteiger charge is -2.35. The van der Waals surface area contributed by atoms with Gasteiger partial charge in [-0.2, -0.15) is 0 Å². The van der Waals surface area contributed by atoms with Crippen LogP contribution in [0, 0.1) is 12.3 Å². The van der Waals surface area contributed by atoms with Crippen LogP contribution in [0.2, 0.25) is 0 Å². The van der Waals surface area contributed by atoms with Crippen molar-refractivity contribution < 1.29 is 0 Å². The minimum atomic E-state index is 0.422. The number of rotatable bonds is 3. The van der Waals surface area contributed by atoms with Gasteiger partial charge in [-0.1, -0.05) is 32.5 Å². The van der Waals surface area contributed by atoms with Crippen LogP contribution in [0.1, 0.15) is 50.8 Å². The highest BCUT2D eigenvalue weighted by molar-refractivity contribution is 7.80. The van der Waals surface area contributed by atoms with Gasteiger partial charge in [0.25, 0.3) is 0 Å². The first-order valence-corrected chi connectivity index (χ1v) is 7.32. The highest BCUT2D eigenvalue weighted by Crippen LogP contribution is 2.36. The Hall–Kier alpha value is -1.16. The van der Waals surface area contributed by atoms with Crippen molar-refractivity contribution in [2.75, 3.05) is 5.32 Å². The second-order valence-electron chi connectivity index (χ2n) is 6.35. The van der Waals surface area contributed by atoms with Crippen LogP contribution >= 0.6 is 12.2 Å². The van der Waals surface area contributed by atoms with Gasteiger partial charge >= 0.3 is 0 Å². The molecular weight excluding hydrogens is 254 g/mol. The van der Waals surface area contributed by atoms with E-state index in [1.165, 1.54) is 25.7 Å². The van der Waals surface area contributed by atoms with Crippen LogP contribution < -0.4 is 11.1 Å². The van der Waals surface area contributed by atoms with E-state index < -0.39 is 0 Å². The van der Waals surface area contributed by atoms with Crippen molar-refractivity contribution in [2.45, 2.75) is 52.5 Å². The van der Waals surface area contributed by atoms with Gasteiger partial charge in [-0.15, -0.1) is 0 Å². The van der Waals surface area contributed by atoms with Crippen LogP contribution in [0.25, 0.3) is 0 Å². The molecule has 0 bridgehead atoms. The molecule has 3 nitrogen and oxygen atoms in total. The summed E-state index contributed by atoms with van der Waals surface area (Å²) in [5.74, 6) is 0.894. The van der Waals surface area contributed by atoms with Gasteiger partial charge < -0.3 is 11.1 Å². The summed E-state index contributed by atoms with van der Waals surface area (Å²) in [7, 11) is 0. The first-order chi connectivity index (χ1) is 8.85. The standard InChI is InChI=1S/C15H23N3S/c1-10-7-11(14(16)19)8-13(17-10)18-12-5-4-6-15(2,3)9-12/h7-8,12H,4-6,9H2,1-3H3,(H2,16,19)(H,17,18). The first kappa shape index (κ1) is 14.3. The summed E-state index contributed by atoms with van der Waals surface area (Å²) in [5, 5.41) is 3.55. The molecule has 0 aliphatic heterocycles. The second kappa shape index (κ2) is 5.45. The summed E-state index contributed by atoms with van der Waals surface area (Å²) in [6.45, 7) is 6.65. The Kier molecular flexibility index (Phi) is 4.09. The lowest BCUT2D eigenvalue weighted by atomic mass is 9.75. The predicted octanol–water partition coefficient (Wildman–Crippen LogP) is 3.40. The number of nitrogens with two attached hydrogens (primary N) is 1. The molecule has 1 fully saturated rings. The van der Waals surface area contributed by atoms with E-state index in [1.54, 1.807) is 0 Å². The molecule has 1 unspecified atom stereocenters. The molecule has 1 aromatic heterocycles. The fourth-order valence-electron chi connectivity index (χ4n) is 2.92. The Morgan fingerprint density at radius 2 is 2.21 bits per heavy atom. The molecule has 0 spiro atoms. The summed E-state index contributed by atoms with van der Waals surface area (Å²) < 4.78 is 0. The summed E-state index contributed by atoms with van der Waals surface area (Å²) in [4.78, 5) is 4.96. The highest BCUT2D eigenvalue weighted by Gasteiger charge is 2.28. The van der Waals surface area contributed by atoms with Gasteiger partial charge in [0, 0.05) is 17.3 Å². The molecule has 1 aliphatic carbocycles. The van der Waals surface area contributed by atoms with Gasteiger partial charge in [-0.05, 0) is 43.7 Å². The Morgan fingerprint density at radius 1 is 1.47 bits per heavy atom. The van der Waals surface area contributed by atoms with Crippen LogP contribution in [0.4, 0.5) is 5.82 Å². The minimum absolute atomic E-state index is 0.422. The Balaban J connectivity index is 2.12. The zero-order chi connectivity index (χ0) is 14.0. The molecule has 19 heavy (non-hydrogen) atoms. The number of pyridine rings is 1. The maximum Gasteiger partial charge on any atom is 0.127 e. The van der Waals surface area contributed by atoms with Crippen molar-refractivity contribution in [2.24, 2.45) is 11.1 Å². The van der Waals surface area contributed by atoms with Gasteiger partial charge in [0.2, 0.25) is 0 Å². The van der Waals surface area contributed by atoms with E-state index in [0.29, 0.717) is 16.4 Å². The molecule has 1 aromatic rings. The number of aryl methyl sites for hydroxylation is 1. The molecule has 0 amide bonds. The van der Waals surface area contributed by atoms with Crippen molar-refractivity contribution >= 4 is 23.0 Å². The quantitative estimate of drug-likeness (QED) is 0.831.